The molecular formula is C24H9F42O4P. The summed E-state index contributed by atoms with van der Waals surface area (Å²) in [5.41, 5.74) is 0. The van der Waals surface area contributed by atoms with E-state index in [4.69, 9.17) is 4.89 Å². The molecule has 4 nitrogen and oxygen atoms in total. The van der Waals surface area contributed by atoms with Crippen LogP contribution in [0.5, 0.6) is 0 Å². The second kappa shape index (κ2) is 17.6. The molecule has 0 bridgehead atoms. The molecule has 0 heterocycles. The molecule has 0 aliphatic heterocycles. The lowest BCUT2D eigenvalue weighted by molar-refractivity contribution is -0.487. The number of phosphoric ester groups is 1. The van der Waals surface area contributed by atoms with Gasteiger partial charge in [-0.15, -0.1) is 0 Å². The van der Waals surface area contributed by atoms with Crippen LogP contribution in [0, 0.1) is 0 Å². The van der Waals surface area contributed by atoms with Gasteiger partial charge in [0.1, 0.15) is 0 Å². The molecule has 0 aromatic rings. The maximum Gasteiger partial charge on any atom is 0.472 e. The first-order chi connectivity index (χ1) is 29.9. The molecular weight excluding hydrogens is 1180 g/mol. The van der Waals surface area contributed by atoms with Crippen LogP contribution in [-0.4, -0.2) is 137 Å². The van der Waals surface area contributed by atoms with Crippen molar-refractivity contribution >= 4 is 7.82 Å². The van der Waals surface area contributed by atoms with E-state index in [1.54, 1.807) is 0 Å². The monoisotopic (exact) mass is 1190 g/mol. The molecule has 428 valence electrons. The van der Waals surface area contributed by atoms with Crippen LogP contribution in [0.25, 0.3) is 0 Å². The summed E-state index contributed by atoms with van der Waals surface area (Å²) in [6, 6.07) is 0. The minimum Gasteiger partial charge on any atom is -0.302 e. The molecule has 0 aromatic carbocycles. The zero-order chi connectivity index (χ0) is 58.7. The van der Waals surface area contributed by atoms with E-state index in [2.05, 4.69) is 9.05 Å². The van der Waals surface area contributed by atoms with Crippen LogP contribution in [0.3, 0.4) is 0 Å². The molecule has 71 heavy (non-hydrogen) atoms. The standard InChI is InChI=1S/C24H9F42O4P/c25-5(26,1-3-69-71(67,68)70-4-2-6(27,28)8(31,32)10(35,36)19(53,54)21(57,58)23(61,62)63)7(29,30)9(33,34)11(37,38)12(39,40)13(41,42)14(43,44)15(45,46)16(47,48)17(49,50)18(51,52)20(55,56)22(59,60)24(64,65)66/h1-4H2,(H,67,68). The molecule has 0 saturated heterocycles. The molecule has 0 radical (unpaired) electrons. The normalized spacial score (nSPS) is 17.7. The molecule has 0 fully saturated rings. The summed E-state index contributed by atoms with van der Waals surface area (Å²) >= 11 is 0. The maximum absolute atomic E-state index is 14.1. The van der Waals surface area contributed by atoms with Gasteiger partial charge in [-0.05, 0) is 0 Å². The van der Waals surface area contributed by atoms with E-state index in [0.29, 0.717) is 0 Å². The summed E-state index contributed by atoms with van der Waals surface area (Å²) in [6.07, 6.45) is -24.1. The van der Waals surface area contributed by atoms with Crippen LogP contribution in [0.2, 0.25) is 0 Å². The Morgan fingerprint density at radius 1 is 0.239 bits per heavy atom. The Bertz CT molecular complexity index is 1920. The third-order valence-corrected chi connectivity index (χ3v) is 9.51. The topological polar surface area (TPSA) is 55.8 Å². The highest BCUT2D eigenvalue weighted by molar-refractivity contribution is 7.47. The van der Waals surface area contributed by atoms with Gasteiger partial charge in [0.25, 0.3) is 0 Å². The predicted octanol–water partition coefficient (Wildman–Crippen LogP) is 14.5. The molecule has 0 rings (SSSR count). The van der Waals surface area contributed by atoms with Gasteiger partial charge in [-0.3, -0.25) is 9.05 Å². The third kappa shape index (κ3) is 9.30. The first-order valence-electron chi connectivity index (χ1n) is 15.5. The smallest absolute Gasteiger partial charge is 0.302 e. The summed E-state index contributed by atoms with van der Waals surface area (Å²) in [6.45, 7) is -6.47. The van der Waals surface area contributed by atoms with Crippen LogP contribution in [0.4, 0.5) is 184 Å². The zero-order valence-corrected chi connectivity index (χ0v) is 31.7. The fourth-order valence-corrected chi connectivity index (χ4v) is 4.83. The van der Waals surface area contributed by atoms with Gasteiger partial charge < -0.3 is 4.89 Å². The molecule has 0 aliphatic carbocycles. The van der Waals surface area contributed by atoms with Crippen molar-refractivity contribution in [3.05, 3.63) is 0 Å². The second-order valence-corrected chi connectivity index (χ2v) is 14.7. The number of hydrogen-bond acceptors (Lipinski definition) is 3. The summed E-state index contributed by atoms with van der Waals surface area (Å²) in [5, 5.41) is 0. The quantitative estimate of drug-likeness (QED) is 0.0773. The number of hydrogen-bond donors (Lipinski definition) is 1. The lowest BCUT2D eigenvalue weighted by Gasteiger charge is -2.46. The molecule has 0 spiro atoms. The highest BCUT2D eigenvalue weighted by Gasteiger charge is 3.01. The van der Waals surface area contributed by atoms with Crippen LogP contribution in [0.1, 0.15) is 12.8 Å². The summed E-state index contributed by atoms with van der Waals surface area (Å²) in [4.78, 5) is 9.00. The number of alkyl halides is 42. The minimum absolute atomic E-state index is 2.94. The molecule has 47 heteroatoms. The van der Waals surface area contributed by atoms with E-state index in [1.807, 2.05) is 0 Å². The van der Waals surface area contributed by atoms with E-state index in [-0.39, 0.29) is 0 Å². The fourth-order valence-electron chi connectivity index (χ4n) is 4.11. The lowest BCUT2D eigenvalue weighted by atomic mass is 9.83. The molecule has 1 N–H and O–H groups in total. The van der Waals surface area contributed by atoms with Crippen molar-refractivity contribution in [1.29, 1.82) is 0 Å². The molecule has 0 aliphatic rings. The molecule has 1 atom stereocenters. The zero-order valence-electron chi connectivity index (χ0n) is 30.8. The van der Waals surface area contributed by atoms with Crippen molar-refractivity contribution < 1.29 is 203 Å². The molecule has 0 saturated carbocycles. The maximum atomic E-state index is 14.1. The van der Waals surface area contributed by atoms with Crippen LogP contribution in [0.15, 0.2) is 0 Å². The Hall–Kier alpha value is -2.83. The second-order valence-electron chi connectivity index (χ2n) is 13.2. The van der Waals surface area contributed by atoms with Crippen molar-refractivity contribution in [1.82, 2.24) is 0 Å². The van der Waals surface area contributed by atoms with Gasteiger partial charge in [-0.1, -0.05) is 0 Å². The van der Waals surface area contributed by atoms with E-state index in [9.17, 15) is 189 Å². The van der Waals surface area contributed by atoms with Crippen molar-refractivity contribution in [2.45, 2.75) is 132 Å². The van der Waals surface area contributed by atoms with Gasteiger partial charge in [-0.2, -0.15) is 184 Å². The van der Waals surface area contributed by atoms with E-state index in [1.165, 1.54) is 0 Å². The predicted molar refractivity (Wildman–Crippen MR) is 132 cm³/mol. The van der Waals surface area contributed by atoms with E-state index in [0.717, 1.165) is 0 Å². The van der Waals surface area contributed by atoms with Gasteiger partial charge in [0.05, 0.1) is 13.2 Å². The number of phosphoric acid groups is 1. The Morgan fingerprint density at radius 2 is 0.366 bits per heavy atom. The van der Waals surface area contributed by atoms with Crippen LogP contribution >= 0.6 is 7.82 Å². The highest BCUT2D eigenvalue weighted by Crippen LogP contribution is 2.69. The largest absolute Gasteiger partial charge is 0.472 e. The summed E-state index contributed by atoms with van der Waals surface area (Å²) in [7, 11) is -7.07. The van der Waals surface area contributed by atoms with Gasteiger partial charge in [0.2, 0.25) is 0 Å². The van der Waals surface area contributed by atoms with Crippen molar-refractivity contribution in [2.75, 3.05) is 13.2 Å². The van der Waals surface area contributed by atoms with Gasteiger partial charge in [0.15, 0.2) is 0 Å². The average molecular weight is 1190 g/mol. The van der Waals surface area contributed by atoms with Gasteiger partial charge in [-0.25, -0.2) is 4.57 Å². The Kier molecular flexibility index (Phi) is 16.9. The Morgan fingerprint density at radius 3 is 0.507 bits per heavy atom. The first-order valence-corrected chi connectivity index (χ1v) is 17.0. The van der Waals surface area contributed by atoms with E-state index < -0.39 is 153 Å². The first kappa shape index (κ1) is 68.2. The van der Waals surface area contributed by atoms with Crippen molar-refractivity contribution in [3.63, 3.8) is 0 Å². The number of rotatable bonds is 24. The van der Waals surface area contributed by atoms with Crippen molar-refractivity contribution in [3.8, 4) is 0 Å². The average Bonchev–Trinajstić information content (AvgIpc) is 3.12. The Balaban J connectivity index is 6.85. The Labute approximate surface area is 357 Å². The molecule has 0 aromatic heterocycles. The fraction of sp³-hybridized carbons (Fsp3) is 1.00. The van der Waals surface area contributed by atoms with Crippen molar-refractivity contribution in [2.24, 2.45) is 0 Å². The lowest BCUT2D eigenvalue weighted by Crippen LogP contribution is -2.79. The minimum atomic E-state index is -10.2. The van der Waals surface area contributed by atoms with Crippen LogP contribution < -0.4 is 0 Å². The number of halogens is 42. The van der Waals surface area contributed by atoms with E-state index >= 15 is 0 Å². The summed E-state index contributed by atoms with van der Waals surface area (Å²) in [5.74, 6) is -166. The molecule has 1 unspecified atom stereocenters. The molecule has 0 amide bonds. The SMILES string of the molecule is O=P(O)(OCCC(F)(F)C(F)(F)C(F)(F)C(F)(F)C(F)(F)C(F)(F)F)OCCC(F)(F)C(F)(F)C(F)(F)C(F)(F)C(F)(F)C(F)(F)C(F)(F)C(F)(F)C(F)(F)C(F)(F)C(F)(F)C(F)(F)C(F)(F)C(F)(F)F. The van der Waals surface area contributed by atoms with Gasteiger partial charge in [0, 0.05) is 12.8 Å². The highest BCUT2D eigenvalue weighted by atomic mass is 31.2. The van der Waals surface area contributed by atoms with Gasteiger partial charge >= 0.3 is 127 Å². The summed E-state index contributed by atoms with van der Waals surface area (Å²) < 4.78 is 583. The van der Waals surface area contributed by atoms with Crippen LogP contribution in [-0.2, 0) is 13.6 Å². The third-order valence-electron chi connectivity index (χ3n) is 8.49.